The van der Waals surface area contributed by atoms with Gasteiger partial charge < -0.3 is 14.6 Å². The number of hydrogen-bond acceptors (Lipinski definition) is 5. The van der Waals surface area contributed by atoms with Gasteiger partial charge in [-0.2, -0.15) is 0 Å². The van der Waals surface area contributed by atoms with Crippen LogP contribution in [0.1, 0.15) is 6.92 Å². The number of benzene rings is 1. The summed E-state index contributed by atoms with van der Waals surface area (Å²) in [4.78, 5) is 10.5. The molecule has 0 atom stereocenters. The Bertz CT molecular complexity index is 722. The van der Waals surface area contributed by atoms with Crippen LogP contribution in [-0.2, 0) is 0 Å². The molecule has 2 heterocycles. The van der Waals surface area contributed by atoms with Gasteiger partial charge >= 0.3 is 0 Å². The molecule has 3 rings (SSSR count). The predicted octanol–water partition coefficient (Wildman–Crippen LogP) is 3.42. The van der Waals surface area contributed by atoms with Crippen molar-refractivity contribution in [2.24, 2.45) is 0 Å². The molecule has 3 aromatic rings. The van der Waals surface area contributed by atoms with E-state index < -0.39 is 0 Å². The molecule has 102 valence electrons. The van der Waals surface area contributed by atoms with Crippen molar-refractivity contribution in [2.45, 2.75) is 6.92 Å². The quantitative estimate of drug-likeness (QED) is 0.785. The summed E-state index contributed by atoms with van der Waals surface area (Å²) in [7, 11) is 1.97. The Hall–Kier alpha value is -2.56. The molecule has 0 radical (unpaired) electrons. The fraction of sp³-hybridized carbons (Fsp3) is 0.200. The van der Waals surface area contributed by atoms with Crippen molar-refractivity contribution in [3.05, 3.63) is 42.9 Å². The van der Waals surface area contributed by atoms with Gasteiger partial charge in [-0.05, 0) is 19.1 Å². The topological polar surface area (TPSA) is 54.2 Å². The molecule has 0 aliphatic rings. The van der Waals surface area contributed by atoms with Crippen LogP contribution in [0, 0.1) is 0 Å². The van der Waals surface area contributed by atoms with E-state index in [0.29, 0.717) is 0 Å². The first-order valence-corrected chi connectivity index (χ1v) is 6.55. The lowest BCUT2D eigenvalue weighted by atomic mass is 10.2. The van der Waals surface area contributed by atoms with Crippen molar-refractivity contribution in [1.82, 2.24) is 9.97 Å². The van der Waals surface area contributed by atoms with Crippen molar-refractivity contribution in [3.63, 3.8) is 0 Å². The van der Waals surface area contributed by atoms with Crippen molar-refractivity contribution < 1.29 is 4.42 Å². The zero-order valence-electron chi connectivity index (χ0n) is 11.5. The standard InChI is InChI=1S/C15H16N4O/c1-3-16-14-8-15(18-10-17-14)19(2)12-9-20-13-7-5-4-6-11(12)13/h4-10H,3H2,1-2H3,(H,16,17,18). The van der Waals surface area contributed by atoms with E-state index in [4.69, 9.17) is 4.42 Å². The largest absolute Gasteiger partial charge is 0.462 e. The molecular weight excluding hydrogens is 252 g/mol. The molecule has 0 saturated heterocycles. The van der Waals surface area contributed by atoms with Crippen LogP contribution in [0.15, 0.2) is 47.3 Å². The van der Waals surface area contributed by atoms with Gasteiger partial charge in [-0.25, -0.2) is 9.97 Å². The van der Waals surface area contributed by atoms with Crippen LogP contribution in [-0.4, -0.2) is 23.6 Å². The first-order valence-electron chi connectivity index (χ1n) is 6.55. The summed E-state index contributed by atoms with van der Waals surface area (Å²) in [6.07, 6.45) is 3.31. The van der Waals surface area contributed by atoms with Gasteiger partial charge in [0, 0.05) is 25.0 Å². The Labute approximate surface area is 117 Å². The van der Waals surface area contributed by atoms with Gasteiger partial charge in [0.15, 0.2) is 0 Å². The Morgan fingerprint density at radius 1 is 1.25 bits per heavy atom. The highest BCUT2D eigenvalue weighted by Gasteiger charge is 2.12. The molecular formula is C15H16N4O. The minimum absolute atomic E-state index is 0.817. The molecule has 5 heteroatoms. The van der Waals surface area contributed by atoms with Crippen LogP contribution in [0.2, 0.25) is 0 Å². The SMILES string of the molecule is CCNc1cc(N(C)c2coc3ccccc23)ncn1. The zero-order valence-corrected chi connectivity index (χ0v) is 11.5. The molecule has 0 unspecified atom stereocenters. The third-order valence-electron chi connectivity index (χ3n) is 3.18. The monoisotopic (exact) mass is 268 g/mol. The van der Waals surface area contributed by atoms with Crippen LogP contribution in [0.25, 0.3) is 11.0 Å². The number of fused-ring (bicyclic) bond motifs is 1. The second-order valence-electron chi connectivity index (χ2n) is 4.47. The molecule has 2 aromatic heterocycles. The molecule has 0 saturated carbocycles. The summed E-state index contributed by atoms with van der Waals surface area (Å²) in [6, 6.07) is 9.88. The summed E-state index contributed by atoms with van der Waals surface area (Å²) in [5.74, 6) is 1.64. The molecule has 5 nitrogen and oxygen atoms in total. The van der Waals surface area contributed by atoms with Gasteiger partial charge in [-0.3, -0.25) is 0 Å². The van der Waals surface area contributed by atoms with Crippen LogP contribution in [0.4, 0.5) is 17.3 Å². The third-order valence-corrected chi connectivity index (χ3v) is 3.18. The smallest absolute Gasteiger partial charge is 0.138 e. The van der Waals surface area contributed by atoms with Crippen LogP contribution in [0.3, 0.4) is 0 Å². The highest BCUT2D eigenvalue weighted by Crippen LogP contribution is 2.32. The van der Waals surface area contributed by atoms with E-state index in [1.807, 2.05) is 49.2 Å². The van der Waals surface area contributed by atoms with Gasteiger partial charge in [0.1, 0.15) is 29.8 Å². The van der Waals surface area contributed by atoms with Gasteiger partial charge in [0.25, 0.3) is 0 Å². The van der Waals surface area contributed by atoms with E-state index in [2.05, 4.69) is 15.3 Å². The molecule has 0 spiro atoms. The molecule has 0 aliphatic carbocycles. The summed E-state index contributed by atoms with van der Waals surface area (Å²) in [6.45, 7) is 2.86. The van der Waals surface area contributed by atoms with Crippen molar-refractivity contribution in [1.29, 1.82) is 0 Å². The lowest BCUT2D eigenvalue weighted by Gasteiger charge is -2.17. The number of aromatic nitrogens is 2. The molecule has 0 fully saturated rings. The van der Waals surface area contributed by atoms with Gasteiger partial charge in [-0.1, -0.05) is 12.1 Å². The number of furan rings is 1. The maximum Gasteiger partial charge on any atom is 0.138 e. The molecule has 1 N–H and O–H groups in total. The van der Waals surface area contributed by atoms with Crippen molar-refractivity contribution in [3.8, 4) is 0 Å². The maximum absolute atomic E-state index is 5.57. The molecule has 1 aromatic carbocycles. The van der Waals surface area contributed by atoms with Crippen LogP contribution >= 0.6 is 0 Å². The zero-order chi connectivity index (χ0) is 13.9. The molecule has 0 bridgehead atoms. The molecule has 20 heavy (non-hydrogen) atoms. The average molecular weight is 268 g/mol. The van der Waals surface area contributed by atoms with E-state index in [0.717, 1.165) is 34.8 Å². The number of nitrogens with zero attached hydrogens (tertiary/aromatic N) is 3. The molecule has 0 aliphatic heterocycles. The number of anilines is 3. The fourth-order valence-electron chi connectivity index (χ4n) is 2.16. The minimum Gasteiger partial charge on any atom is -0.462 e. The van der Waals surface area contributed by atoms with E-state index in [1.54, 1.807) is 12.6 Å². The number of para-hydroxylation sites is 1. The van der Waals surface area contributed by atoms with Gasteiger partial charge in [-0.15, -0.1) is 0 Å². The summed E-state index contributed by atoms with van der Waals surface area (Å²) >= 11 is 0. The number of nitrogens with one attached hydrogen (secondary N) is 1. The maximum atomic E-state index is 5.57. The lowest BCUT2D eigenvalue weighted by molar-refractivity contribution is 0.616. The summed E-state index contributed by atoms with van der Waals surface area (Å²) in [5.41, 5.74) is 1.86. The Balaban J connectivity index is 1.99. The highest BCUT2D eigenvalue weighted by atomic mass is 16.3. The first kappa shape index (κ1) is 12.5. The second kappa shape index (κ2) is 5.21. The van der Waals surface area contributed by atoms with E-state index in [-0.39, 0.29) is 0 Å². The number of rotatable bonds is 4. The first-order chi connectivity index (χ1) is 9.79. The van der Waals surface area contributed by atoms with Crippen LogP contribution < -0.4 is 10.2 Å². The Kier molecular flexibility index (Phi) is 3.25. The summed E-state index contributed by atoms with van der Waals surface area (Å²) < 4.78 is 5.57. The Morgan fingerprint density at radius 3 is 2.95 bits per heavy atom. The van der Waals surface area contributed by atoms with E-state index in [9.17, 15) is 0 Å². The Morgan fingerprint density at radius 2 is 2.10 bits per heavy atom. The number of hydrogen-bond donors (Lipinski definition) is 1. The van der Waals surface area contributed by atoms with Crippen molar-refractivity contribution in [2.75, 3.05) is 23.8 Å². The highest BCUT2D eigenvalue weighted by molar-refractivity contribution is 5.92. The fourth-order valence-corrected chi connectivity index (χ4v) is 2.16. The molecule has 0 amide bonds. The lowest BCUT2D eigenvalue weighted by Crippen LogP contribution is -2.11. The summed E-state index contributed by atoms with van der Waals surface area (Å²) in [5, 5.41) is 4.25. The van der Waals surface area contributed by atoms with Crippen LogP contribution in [0.5, 0.6) is 0 Å². The normalized spacial score (nSPS) is 10.7. The predicted molar refractivity (Wildman–Crippen MR) is 80.5 cm³/mol. The minimum atomic E-state index is 0.817. The average Bonchev–Trinajstić information content (AvgIpc) is 2.91. The van der Waals surface area contributed by atoms with Gasteiger partial charge in [0.2, 0.25) is 0 Å². The van der Waals surface area contributed by atoms with E-state index >= 15 is 0 Å². The van der Waals surface area contributed by atoms with Crippen molar-refractivity contribution >= 4 is 28.3 Å². The van der Waals surface area contributed by atoms with E-state index in [1.165, 1.54) is 0 Å². The van der Waals surface area contributed by atoms with Gasteiger partial charge in [0.05, 0.1) is 5.69 Å². The second-order valence-corrected chi connectivity index (χ2v) is 4.47. The third kappa shape index (κ3) is 2.18.